The molecular formula is C16H17N3O3. The molecule has 0 bridgehead atoms. The molecule has 2 aromatic rings. The van der Waals surface area contributed by atoms with Crippen LogP contribution >= 0.6 is 0 Å². The van der Waals surface area contributed by atoms with Gasteiger partial charge in [0.2, 0.25) is 0 Å². The summed E-state index contributed by atoms with van der Waals surface area (Å²) in [7, 11) is 0. The summed E-state index contributed by atoms with van der Waals surface area (Å²) in [5.74, 6) is 0.640. The summed E-state index contributed by atoms with van der Waals surface area (Å²) in [5.41, 5.74) is 0.718. The van der Waals surface area contributed by atoms with Gasteiger partial charge in [-0.2, -0.15) is 0 Å². The van der Waals surface area contributed by atoms with Crippen molar-refractivity contribution in [3.8, 4) is 11.4 Å². The van der Waals surface area contributed by atoms with Crippen LogP contribution in [0, 0.1) is 0 Å². The first-order chi connectivity index (χ1) is 10.6. The molecule has 0 aliphatic carbocycles. The quantitative estimate of drug-likeness (QED) is 0.887. The molecule has 1 fully saturated rings. The van der Waals surface area contributed by atoms with Gasteiger partial charge in [0, 0.05) is 31.0 Å². The van der Waals surface area contributed by atoms with Crippen molar-refractivity contribution in [2.45, 2.75) is 18.4 Å². The first kappa shape index (κ1) is 14.5. The van der Waals surface area contributed by atoms with E-state index >= 15 is 0 Å². The molecular weight excluding hydrogens is 282 g/mol. The number of carbonyl (C=O) groups is 1. The average molecular weight is 299 g/mol. The van der Waals surface area contributed by atoms with Gasteiger partial charge in [0.15, 0.2) is 5.82 Å². The number of amides is 1. The molecule has 0 radical (unpaired) electrons. The summed E-state index contributed by atoms with van der Waals surface area (Å²) >= 11 is 0. The number of aliphatic hydroxyl groups is 1. The minimum Gasteiger partial charge on any atom is -0.465 e. The summed E-state index contributed by atoms with van der Waals surface area (Å²) in [6.45, 7) is 0.685. The maximum absolute atomic E-state index is 10.9. The van der Waals surface area contributed by atoms with Gasteiger partial charge in [0.1, 0.15) is 0 Å². The van der Waals surface area contributed by atoms with E-state index in [1.54, 1.807) is 18.5 Å². The van der Waals surface area contributed by atoms with E-state index in [2.05, 4.69) is 9.97 Å². The molecule has 1 aliphatic rings. The Kier molecular flexibility index (Phi) is 3.77. The third kappa shape index (κ3) is 2.78. The molecule has 2 N–H and O–H groups in total. The summed E-state index contributed by atoms with van der Waals surface area (Å²) in [5, 5.41) is 19.7. The Morgan fingerprint density at radius 3 is 2.23 bits per heavy atom. The van der Waals surface area contributed by atoms with E-state index in [1.165, 1.54) is 4.90 Å². The first-order valence-electron chi connectivity index (χ1n) is 7.17. The summed E-state index contributed by atoms with van der Waals surface area (Å²) in [4.78, 5) is 20.7. The third-order valence-corrected chi connectivity index (χ3v) is 4.11. The number of hydrogen-bond acceptors (Lipinski definition) is 4. The van der Waals surface area contributed by atoms with Crippen molar-refractivity contribution >= 4 is 6.09 Å². The Bertz CT molecular complexity index is 650. The van der Waals surface area contributed by atoms with Gasteiger partial charge in [0.25, 0.3) is 0 Å². The van der Waals surface area contributed by atoms with Crippen LogP contribution in [0.1, 0.15) is 18.4 Å². The Morgan fingerprint density at radius 1 is 1.09 bits per heavy atom. The molecule has 0 saturated carbocycles. The highest BCUT2D eigenvalue weighted by atomic mass is 16.4. The zero-order chi connectivity index (χ0) is 15.6. The summed E-state index contributed by atoms with van der Waals surface area (Å²) < 4.78 is 0. The molecule has 1 aromatic carbocycles. The van der Waals surface area contributed by atoms with Crippen LogP contribution < -0.4 is 0 Å². The van der Waals surface area contributed by atoms with Gasteiger partial charge in [0.05, 0.1) is 5.60 Å². The number of hydrogen-bond donors (Lipinski definition) is 2. The molecule has 6 nitrogen and oxygen atoms in total. The molecule has 114 valence electrons. The molecule has 3 rings (SSSR count). The van der Waals surface area contributed by atoms with E-state index in [0.29, 0.717) is 31.8 Å². The fourth-order valence-electron chi connectivity index (χ4n) is 2.73. The van der Waals surface area contributed by atoms with Gasteiger partial charge in [-0.3, -0.25) is 0 Å². The fourth-order valence-corrected chi connectivity index (χ4v) is 2.73. The van der Waals surface area contributed by atoms with Gasteiger partial charge >= 0.3 is 6.09 Å². The fraction of sp³-hybridized carbons (Fsp3) is 0.312. The van der Waals surface area contributed by atoms with Gasteiger partial charge in [-0.25, -0.2) is 14.8 Å². The second-order valence-corrected chi connectivity index (χ2v) is 5.45. The molecule has 1 aliphatic heterocycles. The largest absolute Gasteiger partial charge is 0.465 e. The normalized spacial score (nSPS) is 17.2. The second-order valence-electron chi connectivity index (χ2n) is 5.45. The van der Waals surface area contributed by atoms with Crippen molar-refractivity contribution in [1.82, 2.24) is 14.9 Å². The number of nitrogens with zero attached hydrogens (tertiary/aromatic N) is 3. The zero-order valence-corrected chi connectivity index (χ0v) is 12.0. The highest BCUT2D eigenvalue weighted by molar-refractivity contribution is 5.65. The Morgan fingerprint density at radius 2 is 1.68 bits per heavy atom. The predicted molar refractivity (Wildman–Crippen MR) is 80.2 cm³/mol. The van der Waals surface area contributed by atoms with Gasteiger partial charge in [-0.1, -0.05) is 24.3 Å². The van der Waals surface area contributed by atoms with Crippen LogP contribution in [0.5, 0.6) is 0 Å². The summed E-state index contributed by atoms with van der Waals surface area (Å²) in [6.07, 6.45) is 3.25. The highest BCUT2D eigenvalue weighted by Gasteiger charge is 2.35. The molecule has 0 unspecified atom stereocenters. The van der Waals surface area contributed by atoms with E-state index in [-0.39, 0.29) is 0 Å². The van der Waals surface area contributed by atoms with Crippen LogP contribution in [0.15, 0.2) is 42.7 Å². The van der Waals surface area contributed by atoms with E-state index in [0.717, 1.165) is 11.1 Å². The molecule has 2 heterocycles. The van der Waals surface area contributed by atoms with Crippen LogP contribution in [0.3, 0.4) is 0 Å². The molecule has 0 atom stereocenters. The number of benzene rings is 1. The molecule has 0 spiro atoms. The monoisotopic (exact) mass is 299 g/mol. The van der Waals surface area contributed by atoms with Crippen molar-refractivity contribution in [2.75, 3.05) is 13.1 Å². The van der Waals surface area contributed by atoms with E-state index in [9.17, 15) is 9.90 Å². The third-order valence-electron chi connectivity index (χ3n) is 4.11. The van der Waals surface area contributed by atoms with Crippen LogP contribution in [0.4, 0.5) is 4.79 Å². The number of likely N-dealkylation sites (tertiary alicyclic amines) is 1. The molecule has 22 heavy (non-hydrogen) atoms. The Labute approximate surface area is 128 Å². The van der Waals surface area contributed by atoms with Crippen LogP contribution in [0.25, 0.3) is 11.4 Å². The second kappa shape index (κ2) is 5.73. The minimum atomic E-state index is -0.970. The average Bonchev–Trinajstić information content (AvgIpc) is 2.56. The standard InChI is InChI=1S/C16H17N3O3/c20-15(21)19-10-6-16(22,7-11-19)13-4-2-12(3-5-13)14-17-8-1-9-18-14/h1-5,8-9,22H,6-7,10-11H2,(H,20,21). The minimum absolute atomic E-state index is 0.343. The van der Waals surface area contributed by atoms with Gasteiger partial charge in [-0.05, 0) is 24.5 Å². The van der Waals surface area contributed by atoms with Gasteiger partial charge < -0.3 is 15.1 Å². The summed E-state index contributed by atoms with van der Waals surface area (Å²) in [6, 6.07) is 9.25. The molecule has 1 amide bonds. The van der Waals surface area contributed by atoms with Crippen molar-refractivity contribution in [2.24, 2.45) is 0 Å². The van der Waals surface area contributed by atoms with E-state index < -0.39 is 11.7 Å². The van der Waals surface area contributed by atoms with Crippen molar-refractivity contribution in [3.63, 3.8) is 0 Å². The maximum Gasteiger partial charge on any atom is 0.407 e. The lowest BCUT2D eigenvalue weighted by Gasteiger charge is -2.37. The number of carboxylic acid groups (broad SMARTS) is 1. The lowest BCUT2D eigenvalue weighted by Crippen LogP contribution is -2.44. The topological polar surface area (TPSA) is 86.5 Å². The number of rotatable bonds is 2. The number of piperidine rings is 1. The Balaban J connectivity index is 1.77. The lowest BCUT2D eigenvalue weighted by atomic mass is 9.84. The molecule has 1 aromatic heterocycles. The SMILES string of the molecule is O=C(O)N1CCC(O)(c2ccc(-c3ncccn3)cc2)CC1. The van der Waals surface area contributed by atoms with Crippen LogP contribution in [-0.4, -0.2) is 44.3 Å². The van der Waals surface area contributed by atoms with Gasteiger partial charge in [-0.15, -0.1) is 0 Å². The molecule has 6 heteroatoms. The smallest absolute Gasteiger partial charge is 0.407 e. The van der Waals surface area contributed by atoms with Crippen molar-refractivity contribution in [3.05, 3.63) is 48.3 Å². The molecule has 1 saturated heterocycles. The first-order valence-corrected chi connectivity index (χ1v) is 7.17. The van der Waals surface area contributed by atoms with Crippen LogP contribution in [0.2, 0.25) is 0 Å². The lowest BCUT2D eigenvalue weighted by molar-refractivity contribution is -0.0213. The predicted octanol–water partition coefficient (Wildman–Crippen LogP) is 2.10. The van der Waals surface area contributed by atoms with E-state index in [1.807, 2.05) is 24.3 Å². The maximum atomic E-state index is 10.9. The van der Waals surface area contributed by atoms with Crippen molar-refractivity contribution < 1.29 is 15.0 Å². The van der Waals surface area contributed by atoms with Crippen LogP contribution in [-0.2, 0) is 5.60 Å². The van der Waals surface area contributed by atoms with E-state index in [4.69, 9.17) is 5.11 Å². The zero-order valence-electron chi connectivity index (χ0n) is 12.0. The Hall–Kier alpha value is -2.47. The van der Waals surface area contributed by atoms with Crippen molar-refractivity contribution in [1.29, 1.82) is 0 Å². The number of aromatic nitrogens is 2. The highest BCUT2D eigenvalue weighted by Crippen LogP contribution is 2.33.